The van der Waals surface area contributed by atoms with Crippen LogP contribution in [0.5, 0.6) is 0 Å². The molecule has 6 nitrogen and oxygen atoms in total. The van der Waals surface area contributed by atoms with Gasteiger partial charge in [-0.3, -0.25) is 4.90 Å². The Morgan fingerprint density at radius 3 is 2.68 bits per heavy atom. The van der Waals surface area contributed by atoms with Gasteiger partial charge in [0.25, 0.3) is 0 Å². The number of benzene rings is 1. The Balaban J connectivity index is 1.77. The molecule has 1 aromatic heterocycles. The third-order valence-corrected chi connectivity index (χ3v) is 6.01. The average molecular weight is 403 g/mol. The van der Waals surface area contributed by atoms with Crippen molar-refractivity contribution in [1.29, 1.82) is 0 Å². The number of nitrogens with zero attached hydrogens (tertiary/aromatic N) is 1. The standard InChI is InChI=1S/C21H26N2O4S/c1-3-5-11-27-20(24)18-14-28-19(16-10-12-26-13-16)23(18)21(25)22-17-8-6-15(4-2)7-9-17/h6-10,12-13,18-19H,3-5,11,14H2,1-2H3,(H,22,25). The first kappa shape index (κ1) is 20.3. The van der Waals surface area contributed by atoms with E-state index in [0.29, 0.717) is 18.0 Å². The molecule has 2 unspecified atom stereocenters. The summed E-state index contributed by atoms with van der Waals surface area (Å²) in [7, 11) is 0. The van der Waals surface area contributed by atoms with Gasteiger partial charge in [0.2, 0.25) is 0 Å². The van der Waals surface area contributed by atoms with Gasteiger partial charge in [0.05, 0.1) is 19.1 Å². The summed E-state index contributed by atoms with van der Waals surface area (Å²) in [5, 5.41) is 2.62. The van der Waals surface area contributed by atoms with Crippen molar-refractivity contribution >= 4 is 29.4 Å². The third kappa shape index (κ3) is 4.70. The lowest BCUT2D eigenvalue weighted by molar-refractivity contribution is -0.148. The van der Waals surface area contributed by atoms with E-state index < -0.39 is 6.04 Å². The van der Waals surface area contributed by atoms with Crippen molar-refractivity contribution < 1.29 is 18.7 Å². The topological polar surface area (TPSA) is 71.8 Å². The van der Waals surface area contributed by atoms with Crippen LogP contribution in [-0.2, 0) is 16.0 Å². The summed E-state index contributed by atoms with van der Waals surface area (Å²) < 4.78 is 10.6. The number of hydrogen-bond donors (Lipinski definition) is 1. The monoisotopic (exact) mass is 402 g/mol. The number of thioether (sulfide) groups is 1. The van der Waals surface area contributed by atoms with Gasteiger partial charge in [-0.2, -0.15) is 0 Å². The van der Waals surface area contributed by atoms with E-state index in [9.17, 15) is 9.59 Å². The van der Waals surface area contributed by atoms with Crippen LogP contribution in [0.15, 0.2) is 47.3 Å². The van der Waals surface area contributed by atoms with Gasteiger partial charge in [-0.25, -0.2) is 9.59 Å². The average Bonchev–Trinajstić information content (AvgIpc) is 3.38. The summed E-state index contributed by atoms with van der Waals surface area (Å²) in [4.78, 5) is 27.3. The maximum atomic E-state index is 13.1. The zero-order valence-corrected chi connectivity index (χ0v) is 17.0. The fraction of sp³-hybridized carbons (Fsp3) is 0.429. The van der Waals surface area contributed by atoms with Gasteiger partial charge in [-0.15, -0.1) is 11.8 Å². The Labute approximate surface area is 169 Å². The van der Waals surface area contributed by atoms with Crippen LogP contribution in [0.3, 0.4) is 0 Å². The number of unbranched alkanes of at least 4 members (excludes halogenated alkanes) is 1. The van der Waals surface area contributed by atoms with E-state index in [1.807, 2.05) is 37.3 Å². The Bertz CT molecular complexity index is 776. The highest BCUT2D eigenvalue weighted by atomic mass is 32.2. The van der Waals surface area contributed by atoms with Crippen LogP contribution in [0, 0.1) is 0 Å². The number of ether oxygens (including phenoxy) is 1. The highest BCUT2D eigenvalue weighted by Gasteiger charge is 2.43. The zero-order chi connectivity index (χ0) is 19.9. The maximum absolute atomic E-state index is 13.1. The molecular weight excluding hydrogens is 376 g/mol. The van der Waals surface area contributed by atoms with Gasteiger partial charge in [0.15, 0.2) is 0 Å². The van der Waals surface area contributed by atoms with Crippen LogP contribution in [0.25, 0.3) is 0 Å². The first-order chi connectivity index (χ1) is 13.6. The summed E-state index contributed by atoms with van der Waals surface area (Å²) in [6, 6.07) is 8.59. The Morgan fingerprint density at radius 1 is 1.25 bits per heavy atom. The number of urea groups is 1. The molecule has 7 heteroatoms. The van der Waals surface area contributed by atoms with Crippen LogP contribution >= 0.6 is 11.8 Å². The molecule has 28 heavy (non-hydrogen) atoms. The molecule has 2 heterocycles. The van der Waals surface area contributed by atoms with Crippen molar-refractivity contribution in [1.82, 2.24) is 4.90 Å². The lowest BCUT2D eigenvalue weighted by atomic mass is 10.1. The molecule has 1 aliphatic heterocycles. The minimum atomic E-state index is -0.628. The zero-order valence-electron chi connectivity index (χ0n) is 16.2. The molecule has 0 bridgehead atoms. The molecule has 3 rings (SSSR count). The summed E-state index contributed by atoms with van der Waals surface area (Å²) >= 11 is 1.53. The van der Waals surface area contributed by atoms with Crippen molar-refractivity contribution in [2.75, 3.05) is 17.7 Å². The molecule has 0 aliphatic carbocycles. The number of nitrogens with one attached hydrogen (secondary N) is 1. The SMILES string of the molecule is CCCCOC(=O)C1CSC(c2ccoc2)N1C(=O)Nc1ccc(CC)cc1. The van der Waals surface area contributed by atoms with Crippen molar-refractivity contribution in [2.24, 2.45) is 0 Å². The Hall–Kier alpha value is -2.41. The smallest absolute Gasteiger partial charge is 0.329 e. The van der Waals surface area contributed by atoms with E-state index in [4.69, 9.17) is 9.15 Å². The quantitative estimate of drug-likeness (QED) is 0.530. The molecule has 2 aromatic rings. The molecule has 1 N–H and O–H groups in total. The minimum Gasteiger partial charge on any atom is -0.472 e. The number of furan rings is 1. The van der Waals surface area contributed by atoms with Crippen LogP contribution in [-0.4, -0.2) is 35.3 Å². The van der Waals surface area contributed by atoms with Gasteiger partial charge >= 0.3 is 12.0 Å². The van der Waals surface area contributed by atoms with Crippen molar-refractivity contribution in [3.05, 3.63) is 54.0 Å². The lowest BCUT2D eigenvalue weighted by Crippen LogP contribution is -2.45. The molecule has 0 spiro atoms. The molecular formula is C21H26N2O4S. The summed E-state index contributed by atoms with van der Waals surface area (Å²) in [6.07, 6.45) is 5.88. The molecule has 2 atom stereocenters. The predicted molar refractivity (Wildman–Crippen MR) is 110 cm³/mol. The minimum absolute atomic E-state index is 0.294. The van der Waals surface area contributed by atoms with Crippen LogP contribution in [0.4, 0.5) is 10.5 Å². The number of aryl methyl sites for hydroxylation is 1. The van der Waals surface area contributed by atoms with Crippen molar-refractivity contribution in [3.63, 3.8) is 0 Å². The summed E-state index contributed by atoms with van der Waals surface area (Å²) in [6.45, 7) is 4.50. The molecule has 0 radical (unpaired) electrons. The molecule has 1 aliphatic rings. The fourth-order valence-corrected chi connectivity index (χ4v) is 4.42. The molecule has 2 amide bonds. The van der Waals surface area contributed by atoms with Gasteiger partial charge in [-0.1, -0.05) is 32.4 Å². The third-order valence-electron chi connectivity index (χ3n) is 4.69. The van der Waals surface area contributed by atoms with E-state index in [2.05, 4.69) is 12.2 Å². The van der Waals surface area contributed by atoms with Crippen molar-refractivity contribution in [3.8, 4) is 0 Å². The maximum Gasteiger partial charge on any atom is 0.329 e. The number of amides is 2. The lowest BCUT2D eigenvalue weighted by Gasteiger charge is -2.28. The Morgan fingerprint density at radius 2 is 2.04 bits per heavy atom. The fourth-order valence-electron chi connectivity index (χ4n) is 3.03. The highest BCUT2D eigenvalue weighted by molar-refractivity contribution is 7.99. The highest BCUT2D eigenvalue weighted by Crippen LogP contribution is 2.42. The molecule has 150 valence electrons. The number of anilines is 1. The van der Waals surface area contributed by atoms with Gasteiger partial charge in [0, 0.05) is 17.0 Å². The van der Waals surface area contributed by atoms with E-state index in [1.165, 1.54) is 17.3 Å². The number of carbonyl (C=O) groups is 2. The number of rotatable bonds is 7. The molecule has 0 saturated carbocycles. The van der Waals surface area contributed by atoms with E-state index >= 15 is 0 Å². The summed E-state index contributed by atoms with van der Waals surface area (Å²) in [5.41, 5.74) is 2.75. The second kappa shape index (κ2) is 9.68. The largest absolute Gasteiger partial charge is 0.472 e. The summed E-state index contributed by atoms with van der Waals surface area (Å²) in [5.74, 6) is 0.131. The molecule has 1 saturated heterocycles. The van der Waals surface area contributed by atoms with Gasteiger partial charge in [0.1, 0.15) is 11.4 Å². The first-order valence-corrected chi connectivity index (χ1v) is 10.7. The Kier molecular flexibility index (Phi) is 7.03. The van der Waals surface area contributed by atoms with Gasteiger partial charge in [-0.05, 0) is 36.6 Å². The van der Waals surface area contributed by atoms with Crippen LogP contribution in [0.1, 0.15) is 43.2 Å². The predicted octanol–water partition coefficient (Wildman–Crippen LogP) is 4.83. The van der Waals surface area contributed by atoms with E-state index in [-0.39, 0.29) is 17.4 Å². The second-order valence-electron chi connectivity index (χ2n) is 6.67. The van der Waals surface area contributed by atoms with Crippen LogP contribution in [0.2, 0.25) is 0 Å². The number of esters is 1. The second-order valence-corrected chi connectivity index (χ2v) is 7.78. The molecule has 1 aromatic carbocycles. The molecule has 1 fully saturated rings. The van der Waals surface area contributed by atoms with Crippen molar-refractivity contribution in [2.45, 2.75) is 44.5 Å². The van der Waals surface area contributed by atoms with Gasteiger partial charge < -0.3 is 14.5 Å². The van der Waals surface area contributed by atoms with E-state index in [1.54, 1.807) is 17.4 Å². The first-order valence-electron chi connectivity index (χ1n) is 9.62. The van der Waals surface area contributed by atoms with E-state index in [0.717, 1.165) is 24.8 Å². The normalized spacial score (nSPS) is 18.9. The number of hydrogen-bond acceptors (Lipinski definition) is 5. The number of carbonyl (C=O) groups excluding carboxylic acids is 2. The van der Waals surface area contributed by atoms with Crippen LogP contribution < -0.4 is 5.32 Å².